The molecule has 1 saturated heterocycles. The number of sulfonamides is 1. The Bertz CT molecular complexity index is 947. The summed E-state index contributed by atoms with van der Waals surface area (Å²) in [6, 6.07) is 17.6. The maximum atomic E-state index is 12.6. The van der Waals surface area contributed by atoms with Gasteiger partial charge in [-0.2, -0.15) is 0 Å². The van der Waals surface area contributed by atoms with Crippen LogP contribution in [0.1, 0.15) is 31.7 Å². The van der Waals surface area contributed by atoms with E-state index >= 15 is 0 Å². The van der Waals surface area contributed by atoms with Crippen molar-refractivity contribution in [3.63, 3.8) is 0 Å². The molecule has 0 unspecified atom stereocenters. The first-order valence-corrected chi connectivity index (χ1v) is 12.3. The topological polar surface area (TPSA) is 75.7 Å². The van der Waals surface area contributed by atoms with Crippen LogP contribution in [0.15, 0.2) is 54.6 Å². The summed E-state index contributed by atoms with van der Waals surface area (Å²) >= 11 is 0. The van der Waals surface area contributed by atoms with Gasteiger partial charge < -0.3 is 9.64 Å². The standard InChI is InChI=1S/C23H30N2O4S/c1-3-4-15-29-23(26)25-14-13-21(24-30(2,27)28)22(25)17-18-9-8-12-20(16-18)19-10-6-5-7-11-19/h5-12,16,21-22,24H,3-4,13-15,17H2,1-2H3/t21-,22-/m1/s1. The third-order valence-corrected chi connectivity index (χ3v) is 6.08. The highest BCUT2D eigenvalue weighted by Gasteiger charge is 2.39. The summed E-state index contributed by atoms with van der Waals surface area (Å²) < 4.78 is 31.9. The molecular formula is C23H30N2O4S. The molecule has 2 aromatic carbocycles. The lowest BCUT2D eigenvalue weighted by Gasteiger charge is -2.28. The molecule has 2 atom stereocenters. The molecule has 6 nitrogen and oxygen atoms in total. The monoisotopic (exact) mass is 430 g/mol. The summed E-state index contributed by atoms with van der Waals surface area (Å²) in [5.74, 6) is 0. The lowest BCUT2D eigenvalue weighted by Crippen LogP contribution is -2.47. The first-order chi connectivity index (χ1) is 14.4. The van der Waals surface area contributed by atoms with Crippen molar-refractivity contribution in [1.82, 2.24) is 9.62 Å². The zero-order chi connectivity index (χ0) is 21.6. The summed E-state index contributed by atoms with van der Waals surface area (Å²) in [5, 5.41) is 0. The molecule has 3 rings (SSSR count). The Kier molecular flexibility index (Phi) is 7.50. The normalized spacial score (nSPS) is 19.1. The van der Waals surface area contributed by atoms with Crippen molar-refractivity contribution in [3.8, 4) is 11.1 Å². The van der Waals surface area contributed by atoms with Crippen LogP contribution in [0, 0.1) is 0 Å². The lowest BCUT2D eigenvalue weighted by molar-refractivity contribution is 0.0951. The van der Waals surface area contributed by atoms with Gasteiger partial charge in [-0.05, 0) is 36.0 Å². The van der Waals surface area contributed by atoms with E-state index in [1.807, 2.05) is 37.3 Å². The van der Waals surface area contributed by atoms with E-state index in [0.29, 0.717) is 26.0 Å². The minimum absolute atomic E-state index is 0.292. The van der Waals surface area contributed by atoms with Gasteiger partial charge in [0.25, 0.3) is 0 Å². The molecule has 0 aliphatic carbocycles. The Morgan fingerprint density at radius 2 is 1.87 bits per heavy atom. The predicted molar refractivity (Wildman–Crippen MR) is 119 cm³/mol. The van der Waals surface area contributed by atoms with Crippen LogP contribution in [-0.2, 0) is 21.2 Å². The van der Waals surface area contributed by atoms with Crippen LogP contribution in [0.2, 0.25) is 0 Å². The number of hydrogen-bond donors (Lipinski definition) is 1. The molecule has 162 valence electrons. The molecular weight excluding hydrogens is 400 g/mol. The van der Waals surface area contributed by atoms with Gasteiger partial charge in [0.1, 0.15) is 0 Å². The summed E-state index contributed by atoms with van der Waals surface area (Å²) in [4.78, 5) is 14.3. The van der Waals surface area contributed by atoms with Crippen molar-refractivity contribution in [3.05, 3.63) is 60.2 Å². The Morgan fingerprint density at radius 3 is 2.57 bits per heavy atom. The Balaban J connectivity index is 1.81. The van der Waals surface area contributed by atoms with Crippen molar-refractivity contribution in [2.75, 3.05) is 19.4 Å². The maximum Gasteiger partial charge on any atom is 0.410 e. The second-order valence-electron chi connectivity index (χ2n) is 7.78. The number of carbonyl (C=O) groups is 1. The fraction of sp³-hybridized carbons (Fsp3) is 0.435. The van der Waals surface area contributed by atoms with E-state index < -0.39 is 10.0 Å². The van der Waals surface area contributed by atoms with Gasteiger partial charge in [0.05, 0.1) is 18.9 Å². The summed E-state index contributed by atoms with van der Waals surface area (Å²) in [7, 11) is -3.38. The highest BCUT2D eigenvalue weighted by Crippen LogP contribution is 2.26. The molecule has 30 heavy (non-hydrogen) atoms. The highest BCUT2D eigenvalue weighted by atomic mass is 32.2. The van der Waals surface area contributed by atoms with Gasteiger partial charge in [-0.3, -0.25) is 0 Å². The quantitative estimate of drug-likeness (QED) is 0.646. The Hall–Kier alpha value is -2.38. The number of ether oxygens (including phenoxy) is 1. The van der Waals surface area contributed by atoms with Crippen molar-refractivity contribution >= 4 is 16.1 Å². The average molecular weight is 431 g/mol. The Labute approximate surface area is 179 Å². The van der Waals surface area contributed by atoms with Gasteiger partial charge in [-0.1, -0.05) is 67.9 Å². The average Bonchev–Trinajstić information content (AvgIpc) is 3.09. The summed E-state index contributed by atoms with van der Waals surface area (Å²) in [6.07, 6.45) is 3.67. The molecule has 0 saturated carbocycles. The first kappa shape index (κ1) is 22.3. The van der Waals surface area contributed by atoms with E-state index in [-0.39, 0.29) is 18.2 Å². The maximum absolute atomic E-state index is 12.6. The number of amides is 1. The molecule has 2 aromatic rings. The number of nitrogens with zero attached hydrogens (tertiary/aromatic N) is 1. The molecule has 0 bridgehead atoms. The summed E-state index contributed by atoms with van der Waals surface area (Å²) in [5.41, 5.74) is 3.26. The van der Waals surface area contributed by atoms with Crippen LogP contribution in [0.25, 0.3) is 11.1 Å². The van der Waals surface area contributed by atoms with E-state index in [4.69, 9.17) is 4.74 Å². The smallest absolute Gasteiger partial charge is 0.410 e. The molecule has 0 spiro atoms. The molecule has 0 aromatic heterocycles. The van der Waals surface area contributed by atoms with Crippen LogP contribution in [0.3, 0.4) is 0 Å². The van der Waals surface area contributed by atoms with Crippen LogP contribution >= 0.6 is 0 Å². The molecule has 1 aliphatic heterocycles. The van der Waals surface area contributed by atoms with E-state index in [0.717, 1.165) is 35.8 Å². The molecule has 0 radical (unpaired) electrons. The number of unbranched alkanes of at least 4 members (excludes halogenated alkanes) is 1. The molecule has 1 amide bonds. The van der Waals surface area contributed by atoms with Gasteiger partial charge in [0.15, 0.2) is 0 Å². The minimum Gasteiger partial charge on any atom is -0.449 e. The van der Waals surface area contributed by atoms with Gasteiger partial charge in [0, 0.05) is 12.6 Å². The van der Waals surface area contributed by atoms with Gasteiger partial charge in [0.2, 0.25) is 10.0 Å². The second kappa shape index (κ2) is 10.1. The van der Waals surface area contributed by atoms with Crippen molar-refractivity contribution in [1.29, 1.82) is 0 Å². The number of likely N-dealkylation sites (tertiary alicyclic amines) is 1. The van der Waals surface area contributed by atoms with E-state index in [2.05, 4.69) is 29.0 Å². The molecule has 7 heteroatoms. The van der Waals surface area contributed by atoms with Crippen LogP contribution < -0.4 is 4.72 Å². The van der Waals surface area contributed by atoms with E-state index in [1.165, 1.54) is 0 Å². The predicted octanol–water partition coefficient (Wildman–Crippen LogP) is 3.82. The number of benzene rings is 2. The van der Waals surface area contributed by atoms with Gasteiger partial charge in [-0.15, -0.1) is 0 Å². The molecule has 1 heterocycles. The molecule has 1 fully saturated rings. The van der Waals surface area contributed by atoms with E-state index in [9.17, 15) is 13.2 Å². The number of hydrogen-bond acceptors (Lipinski definition) is 4. The van der Waals surface area contributed by atoms with Crippen LogP contribution in [-0.4, -0.2) is 50.9 Å². The van der Waals surface area contributed by atoms with Crippen LogP contribution in [0.4, 0.5) is 4.79 Å². The minimum atomic E-state index is -3.38. The number of nitrogens with one attached hydrogen (secondary N) is 1. The van der Waals surface area contributed by atoms with Crippen molar-refractivity contribution < 1.29 is 17.9 Å². The third kappa shape index (κ3) is 6.06. The Morgan fingerprint density at radius 1 is 1.13 bits per heavy atom. The van der Waals surface area contributed by atoms with Crippen LogP contribution in [0.5, 0.6) is 0 Å². The highest BCUT2D eigenvalue weighted by molar-refractivity contribution is 7.88. The largest absolute Gasteiger partial charge is 0.449 e. The van der Waals surface area contributed by atoms with Crippen molar-refractivity contribution in [2.45, 2.75) is 44.7 Å². The zero-order valence-corrected chi connectivity index (χ0v) is 18.4. The fourth-order valence-corrected chi connectivity index (χ4v) is 4.71. The zero-order valence-electron chi connectivity index (χ0n) is 17.6. The molecule has 1 aliphatic rings. The third-order valence-electron chi connectivity index (χ3n) is 5.35. The SMILES string of the molecule is CCCCOC(=O)N1CC[C@@H](NS(C)(=O)=O)[C@H]1Cc1cccc(-c2ccccc2)c1. The first-order valence-electron chi connectivity index (χ1n) is 10.4. The van der Waals surface area contributed by atoms with Crippen molar-refractivity contribution in [2.24, 2.45) is 0 Å². The number of rotatable bonds is 8. The van der Waals surface area contributed by atoms with Gasteiger partial charge >= 0.3 is 6.09 Å². The number of carbonyl (C=O) groups excluding carboxylic acids is 1. The lowest BCUT2D eigenvalue weighted by atomic mass is 9.97. The summed E-state index contributed by atoms with van der Waals surface area (Å²) in [6.45, 7) is 2.89. The molecule has 1 N–H and O–H groups in total. The second-order valence-corrected chi connectivity index (χ2v) is 9.56. The van der Waals surface area contributed by atoms with E-state index in [1.54, 1.807) is 4.90 Å². The van der Waals surface area contributed by atoms with Gasteiger partial charge in [-0.25, -0.2) is 17.9 Å². The fourth-order valence-electron chi connectivity index (χ4n) is 3.88.